The average Bonchev–Trinajstić information content (AvgIpc) is 3.12. The highest BCUT2D eigenvalue weighted by Crippen LogP contribution is 2.32. The van der Waals surface area contributed by atoms with Crippen molar-refractivity contribution >= 4 is 16.0 Å². The van der Waals surface area contributed by atoms with Crippen LogP contribution in [0.4, 0.5) is 0 Å². The Kier molecular flexibility index (Phi) is 5.82. The Hall–Kier alpha value is -2.78. The molecule has 27 heavy (non-hydrogen) atoms. The standard InChI is InChI=1S/C18H22N4O4S/c1-20-18(22-11-14-2-5-15(6-3-14)27(19,23)24)21-9-8-13-4-7-16-17(10-13)26-12-25-16/h2-7,10H,8-9,11-12H2,1H3,(H2,19,23,24)(H2,20,21,22). The molecule has 2 aromatic carbocycles. The van der Waals surface area contributed by atoms with Crippen molar-refractivity contribution in [1.29, 1.82) is 0 Å². The third-order valence-electron chi connectivity index (χ3n) is 4.08. The first kappa shape index (κ1) is 19.0. The molecule has 0 fully saturated rings. The lowest BCUT2D eigenvalue weighted by atomic mass is 10.1. The second-order valence-electron chi connectivity index (χ2n) is 5.98. The molecule has 0 saturated carbocycles. The molecule has 4 N–H and O–H groups in total. The molecule has 0 bridgehead atoms. The maximum atomic E-state index is 11.3. The van der Waals surface area contributed by atoms with Crippen LogP contribution in [-0.2, 0) is 23.0 Å². The van der Waals surface area contributed by atoms with E-state index in [1.165, 1.54) is 12.1 Å². The minimum Gasteiger partial charge on any atom is -0.454 e. The first-order valence-corrected chi connectivity index (χ1v) is 9.95. The summed E-state index contributed by atoms with van der Waals surface area (Å²) in [5, 5.41) is 11.5. The zero-order chi connectivity index (χ0) is 19.3. The van der Waals surface area contributed by atoms with E-state index in [2.05, 4.69) is 15.6 Å². The van der Waals surface area contributed by atoms with Gasteiger partial charge in [-0.2, -0.15) is 0 Å². The molecular weight excluding hydrogens is 368 g/mol. The summed E-state index contributed by atoms with van der Waals surface area (Å²) in [6.07, 6.45) is 0.806. The smallest absolute Gasteiger partial charge is 0.238 e. The lowest BCUT2D eigenvalue weighted by Crippen LogP contribution is -2.37. The Morgan fingerprint density at radius 2 is 1.78 bits per heavy atom. The maximum Gasteiger partial charge on any atom is 0.238 e. The van der Waals surface area contributed by atoms with E-state index in [9.17, 15) is 8.42 Å². The molecule has 0 spiro atoms. The van der Waals surface area contributed by atoms with Crippen molar-refractivity contribution in [2.75, 3.05) is 20.4 Å². The lowest BCUT2D eigenvalue weighted by Gasteiger charge is -2.12. The number of nitrogens with one attached hydrogen (secondary N) is 2. The van der Waals surface area contributed by atoms with E-state index in [4.69, 9.17) is 14.6 Å². The van der Waals surface area contributed by atoms with Gasteiger partial charge in [-0.3, -0.25) is 4.99 Å². The molecule has 0 atom stereocenters. The molecule has 1 heterocycles. The number of sulfonamides is 1. The Morgan fingerprint density at radius 1 is 1.07 bits per heavy atom. The van der Waals surface area contributed by atoms with E-state index in [1.807, 2.05) is 18.2 Å². The van der Waals surface area contributed by atoms with E-state index in [-0.39, 0.29) is 11.7 Å². The fraction of sp³-hybridized carbons (Fsp3) is 0.278. The number of fused-ring (bicyclic) bond motifs is 1. The molecule has 0 unspecified atom stereocenters. The molecule has 0 aliphatic carbocycles. The topological polar surface area (TPSA) is 115 Å². The number of rotatable bonds is 6. The van der Waals surface area contributed by atoms with Crippen molar-refractivity contribution in [2.45, 2.75) is 17.9 Å². The largest absolute Gasteiger partial charge is 0.454 e. The fourth-order valence-electron chi connectivity index (χ4n) is 2.63. The van der Waals surface area contributed by atoms with Gasteiger partial charge in [0.2, 0.25) is 16.8 Å². The van der Waals surface area contributed by atoms with Crippen LogP contribution in [0, 0.1) is 0 Å². The molecular formula is C18H22N4O4S. The van der Waals surface area contributed by atoms with Gasteiger partial charge in [0.15, 0.2) is 17.5 Å². The predicted molar refractivity (Wildman–Crippen MR) is 102 cm³/mol. The van der Waals surface area contributed by atoms with Crippen molar-refractivity contribution in [2.24, 2.45) is 10.1 Å². The second-order valence-corrected chi connectivity index (χ2v) is 7.54. The minimum atomic E-state index is -3.67. The van der Waals surface area contributed by atoms with E-state index < -0.39 is 10.0 Å². The molecule has 1 aliphatic heterocycles. The van der Waals surface area contributed by atoms with Crippen LogP contribution in [0.1, 0.15) is 11.1 Å². The number of hydrogen-bond donors (Lipinski definition) is 3. The van der Waals surface area contributed by atoms with Crippen molar-refractivity contribution in [1.82, 2.24) is 10.6 Å². The average molecular weight is 390 g/mol. The van der Waals surface area contributed by atoms with Gasteiger partial charge < -0.3 is 20.1 Å². The number of aliphatic imine (C=N–C) groups is 1. The highest BCUT2D eigenvalue weighted by molar-refractivity contribution is 7.89. The number of benzene rings is 2. The van der Waals surface area contributed by atoms with Crippen LogP contribution in [0.25, 0.3) is 0 Å². The number of nitrogens with zero attached hydrogens (tertiary/aromatic N) is 1. The highest BCUT2D eigenvalue weighted by atomic mass is 32.2. The molecule has 9 heteroatoms. The Balaban J connectivity index is 1.47. The molecule has 144 valence electrons. The molecule has 0 radical (unpaired) electrons. The molecule has 2 aromatic rings. The van der Waals surface area contributed by atoms with E-state index >= 15 is 0 Å². The fourth-order valence-corrected chi connectivity index (χ4v) is 3.14. The van der Waals surface area contributed by atoms with Crippen LogP contribution in [0.15, 0.2) is 52.4 Å². The van der Waals surface area contributed by atoms with Gasteiger partial charge in [0.1, 0.15) is 0 Å². The normalized spacial score (nSPS) is 13.5. The van der Waals surface area contributed by atoms with E-state index in [0.29, 0.717) is 19.0 Å². The summed E-state index contributed by atoms with van der Waals surface area (Å²) in [5.41, 5.74) is 2.06. The van der Waals surface area contributed by atoms with Gasteiger partial charge in [0, 0.05) is 20.1 Å². The molecule has 1 aliphatic rings. The number of hydrogen-bond acceptors (Lipinski definition) is 5. The SMILES string of the molecule is CN=C(NCCc1ccc2c(c1)OCO2)NCc1ccc(S(N)(=O)=O)cc1. The summed E-state index contributed by atoms with van der Waals surface area (Å²) in [6, 6.07) is 12.3. The summed E-state index contributed by atoms with van der Waals surface area (Å²) in [5.74, 6) is 2.21. The second kappa shape index (κ2) is 8.28. The summed E-state index contributed by atoms with van der Waals surface area (Å²) in [6.45, 7) is 1.48. The quantitative estimate of drug-likeness (QED) is 0.500. The Bertz CT molecular complexity index is 927. The first-order chi connectivity index (χ1) is 13.0. The molecule has 0 aromatic heterocycles. The van der Waals surface area contributed by atoms with Crippen LogP contribution < -0.4 is 25.2 Å². The monoisotopic (exact) mass is 390 g/mol. The van der Waals surface area contributed by atoms with E-state index in [0.717, 1.165) is 29.0 Å². The van der Waals surface area contributed by atoms with Gasteiger partial charge in [-0.15, -0.1) is 0 Å². The van der Waals surface area contributed by atoms with Crippen molar-refractivity contribution in [3.63, 3.8) is 0 Å². The third-order valence-corrected chi connectivity index (χ3v) is 5.01. The minimum absolute atomic E-state index is 0.0949. The maximum absolute atomic E-state index is 11.3. The summed E-state index contributed by atoms with van der Waals surface area (Å²) >= 11 is 0. The number of primary sulfonamides is 1. The molecule has 3 rings (SSSR count). The van der Waals surface area contributed by atoms with Gasteiger partial charge in [0.05, 0.1) is 4.90 Å². The van der Waals surface area contributed by atoms with Crippen molar-refractivity contribution in [3.8, 4) is 11.5 Å². The van der Waals surface area contributed by atoms with Gasteiger partial charge in [0.25, 0.3) is 0 Å². The number of nitrogens with two attached hydrogens (primary N) is 1. The van der Waals surface area contributed by atoms with Crippen LogP contribution in [0.5, 0.6) is 11.5 Å². The number of ether oxygens (including phenoxy) is 2. The van der Waals surface area contributed by atoms with Crippen molar-refractivity contribution < 1.29 is 17.9 Å². The molecule has 8 nitrogen and oxygen atoms in total. The predicted octanol–water partition coefficient (Wildman–Crippen LogP) is 0.970. The number of guanidine groups is 1. The van der Waals surface area contributed by atoms with Crippen LogP contribution in [0.2, 0.25) is 0 Å². The van der Waals surface area contributed by atoms with E-state index in [1.54, 1.807) is 19.2 Å². The molecule has 0 amide bonds. The van der Waals surface area contributed by atoms with Crippen LogP contribution in [0.3, 0.4) is 0 Å². The Labute approximate surface area is 158 Å². The zero-order valence-electron chi connectivity index (χ0n) is 14.9. The van der Waals surface area contributed by atoms with Gasteiger partial charge in [-0.25, -0.2) is 13.6 Å². The zero-order valence-corrected chi connectivity index (χ0v) is 15.8. The van der Waals surface area contributed by atoms with Gasteiger partial charge in [-0.1, -0.05) is 18.2 Å². The third kappa shape index (κ3) is 5.11. The highest BCUT2D eigenvalue weighted by Gasteiger charge is 2.13. The summed E-state index contributed by atoms with van der Waals surface area (Å²) < 4.78 is 33.2. The summed E-state index contributed by atoms with van der Waals surface area (Å²) in [4.78, 5) is 4.28. The van der Waals surface area contributed by atoms with Crippen LogP contribution in [-0.4, -0.2) is 34.8 Å². The summed E-state index contributed by atoms with van der Waals surface area (Å²) in [7, 11) is -1.98. The van der Waals surface area contributed by atoms with Crippen LogP contribution >= 0.6 is 0 Å². The first-order valence-electron chi connectivity index (χ1n) is 8.40. The van der Waals surface area contributed by atoms with Gasteiger partial charge >= 0.3 is 0 Å². The van der Waals surface area contributed by atoms with Gasteiger partial charge in [-0.05, 0) is 41.8 Å². The Morgan fingerprint density at radius 3 is 2.48 bits per heavy atom. The lowest BCUT2D eigenvalue weighted by molar-refractivity contribution is 0.174. The van der Waals surface area contributed by atoms with Crippen molar-refractivity contribution in [3.05, 3.63) is 53.6 Å². The molecule has 0 saturated heterocycles.